The lowest BCUT2D eigenvalue weighted by Gasteiger charge is -2.29. The molecule has 4 heteroatoms. The van der Waals surface area contributed by atoms with Gasteiger partial charge < -0.3 is 5.32 Å². The van der Waals surface area contributed by atoms with E-state index in [-0.39, 0.29) is 11.9 Å². The topological polar surface area (TPSA) is 32.3 Å². The average Bonchev–Trinajstić information content (AvgIpc) is 3.12. The molecular formula is C15H17ClN2O. The van der Waals surface area contributed by atoms with E-state index >= 15 is 0 Å². The summed E-state index contributed by atoms with van der Waals surface area (Å²) in [4.78, 5) is 12.3. The van der Waals surface area contributed by atoms with Gasteiger partial charge >= 0.3 is 0 Å². The lowest BCUT2D eigenvalue weighted by molar-refractivity contribution is 0.0923. The largest absolute Gasteiger partial charge is 0.347 e. The predicted molar refractivity (Wildman–Crippen MR) is 74.6 cm³/mol. The molecule has 0 bridgehead atoms. The number of hydrogen-bond donors (Lipinski definition) is 1. The van der Waals surface area contributed by atoms with E-state index in [1.807, 2.05) is 0 Å². The Labute approximate surface area is 118 Å². The van der Waals surface area contributed by atoms with Crippen LogP contribution in [0.3, 0.4) is 0 Å². The van der Waals surface area contributed by atoms with Crippen LogP contribution in [0.5, 0.6) is 0 Å². The van der Waals surface area contributed by atoms with Crippen LogP contribution >= 0.6 is 11.8 Å². The molecular weight excluding hydrogens is 260 g/mol. The molecule has 1 saturated carbocycles. The van der Waals surface area contributed by atoms with Crippen LogP contribution < -0.4 is 5.32 Å². The summed E-state index contributed by atoms with van der Waals surface area (Å²) in [6.07, 6.45) is 2.58. The first-order valence-electron chi connectivity index (χ1n) is 6.99. The van der Waals surface area contributed by atoms with Crippen LogP contribution in [-0.4, -0.2) is 29.5 Å². The number of benzene rings is 1. The number of amides is 1. The minimum Gasteiger partial charge on any atom is -0.347 e. The van der Waals surface area contributed by atoms with Crippen LogP contribution in [0.2, 0.25) is 0 Å². The van der Waals surface area contributed by atoms with E-state index in [1.165, 1.54) is 24.0 Å². The van der Waals surface area contributed by atoms with Gasteiger partial charge in [0.1, 0.15) is 0 Å². The third-order valence-electron chi connectivity index (χ3n) is 4.66. The van der Waals surface area contributed by atoms with Crippen molar-refractivity contribution >= 4 is 17.7 Å². The van der Waals surface area contributed by atoms with E-state index in [9.17, 15) is 4.79 Å². The van der Waals surface area contributed by atoms with Crippen molar-refractivity contribution in [2.45, 2.75) is 37.6 Å². The smallest absolute Gasteiger partial charge is 0.252 e. The summed E-state index contributed by atoms with van der Waals surface area (Å²) in [6.45, 7) is 3.62. The van der Waals surface area contributed by atoms with Crippen molar-refractivity contribution in [1.82, 2.24) is 9.74 Å². The van der Waals surface area contributed by atoms with Crippen LogP contribution in [-0.2, 0) is 0 Å². The highest BCUT2D eigenvalue weighted by molar-refractivity contribution is 6.13. The Bertz CT molecular complexity index is 568. The fourth-order valence-electron chi connectivity index (χ4n) is 3.56. The van der Waals surface area contributed by atoms with E-state index in [0.29, 0.717) is 5.92 Å². The first-order valence-corrected chi connectivity index (χ1v) is 7.33. The summed E-state index contributed by atoms with van der Waals surface area (Å²) in [5, 5.41) is 3.11. The fraction of sp³-hybridized carbons (Fsp3) is 0.533. The lowest BCUT2D eigenvalue weighted by Crippen LogP contribution is -2.44. The van der Waals surface area contributed by atoms with Crippen molar-refractivity contribution in [3.8, 4) is 0 Å². The molecule has 2 atom stereocenters. The first kappa shape index (κ1) is 11.7. The summed E-state index contributed by atoms with van der Waals surface area (Å²) in [7, 11) is 0. The number of carbonyl (C=O) groups is 1. The molecule has 2 heterocycles. The zero-order chi connectivity index (χ0) is 13.1. The van der Waals surface area contributed by atoms with Crippen molar-refractivity contribution < 1.29 is 4.79 Å². The summed E-state index contributed by atoms with van der Waals surface area (Å²) in [6, 6.07) is 4.64. The summed E-state index contributed by atoms with van der Waals surface area (Å²) in [5.74, 6) is 1.15. The first-order chi connectivity index (χ1) is 9.13. The number of fused-ring (bicyclic) bond motifs is 3. The number of nitrogens with one attached hydrogen (secondary N) is 1. The molecule has 1 aromatic rings. The zero-order valence-electron chi connectivity index (χ0n) is 10.9. The maximum Gasteiger partial charge on any atom is 0.252 e. The van der Waals surface area contributed by atoms with Crippen molar-refractivity contribution in [3.05, 3.63) is 34.4 Å². The molecule has 0 aromatic heterocycles. The Morgan fingerprint density at radius 2 is 2.11 bits per heavy atom. The highest BCUT2D eigenvalue weighted by atomic mass is 35.5. The average molecular weight is 277 g/mol. The Hall–Kier alpha value is -1.06. The Balaban J connectivity index is 1.85. The van der Waals surface area contributed by atoms with Crippen LogP contribution in [0, 0.1) is 6.92 Å². The number of hydrogen-bond acceptors (Lipinski definition) is 2. The minimum absolute atomic E-state index is 0.0723. The van der Waals surface area contributed by atoms with Crippen molar-refractivity contribution in [1.29, 1.82) is 0 Å². The number of aryl methyl sites for hydroxylation is 1. The van der Waals surface area contributed by atoms with Gasteiger partial charge in [0.25, 0.3) is 5.91 Å². The summed E-state index contributed by atoms with van der Waals surface area (Å²) >= 11 is 6.14. The molecule has 2 fully saturated rings. The second-order valence-corrected chi connectivity index (χ2v) is 6.57. The molecule has 3 nitrogen and oxygen atoms in total. The van der Waals surface area contributed by atoms with Gasteiger partial charge in [-0.15, -0.1) is 0 Å². The molecule has 1 aromatic carbocycles. The van der Waals surface area contributed by atoms with Crippen molar-refractivity contribution in [2.24, 2.45) is 0 Å². The number of halogens is 1. The summed E-state index contributed by atoms with van der Waals surface area (Å²) < 4.78 is 1.80. The maximum atomic E-state index is 12.3. The van der Waals surface area contributed by atoms with Gasteiger partial charge in [-0.1, -0.05) is 12.1 Å². The SMILES string of the molecule is Cc1cc(C2CC2)cc2c1C(=O)N[C@H]1CN(Cl)C[C@H]21. The molecule has 2 aliphatic heterocycles. The molecule has 1 saturated heterocycles. The predicted octanol–water partition coefficient (Wildman–Crippen LogP) is 2.54. The molecule has 1 aliphatic carbocycles. The third kappa shape index (κ3) is 1.79. The van der Waals surface area contributed by atoms with Gasteiger partial charge in [-0.25, -0.2) is 4.42 Å². The summed E-state index contributed by atoms with van der Waals surface area (Å²) in [5.41, 5.74) is 4.64. The maximum absolute atomic E-state index is 12.3. The Morgan fingerprint density at radius 1 is 1.32 bits per heavy atom. The molecule has 19 heavy (non-hydrogen) atoms. The highest BCUT2D eigenvalue weighted by Crippen LogP contribution is 2.44. The molecule has 100 valence electrons. The molecule has 0 spiro atoms. The van der Waals surface area contributed by atoms with Crippen molar-refractivity contribution in [2.75, 3.05) is 13.1 Å². The monoisotopic (exact) mass is 276 g/mol. The third-order valence-corrected chi connectivity index (χ3v) is 4.93. The Kier molecular flexibility index (Phi) is 2.45. The zero-order valence-corrected chi connectivity index (χ0v) is 11.7. The standard InChI is InChI=1S/C15H17ClN2O/c1-8-4-10(9-2-3-9)5-11-12-6-18(16)7-13(12)17-15(19)14(8)11/h4-5,9,12-13H,2-3,6-7H2,1H3,(H,17,19)/t12-,13+/m1/s1. The van der Waals surface area contributed by atoms with Gasteiger partial charge in [0, 0.05) is 24.6 Å². The molecule has 4 rings (SSSR count). The van der Waals surface area contributed by atoms with E-state index in [4.69, 9.17) is 11.8 Å². The van der Waals surface area contributed by atoms with Gasteiger partial charge in [-0.05, 0) is 54.2 Å². The van der Waals surface area contributed by atoms with Gasteiger partial charge in [-0.2, -0.15) is 0 Å². The van der Waals surface area contributed by atoms with Crippen LogP contribution in [0.15, 0.2) is 12.1 Å². The number of rotatable bonds is 1. The number of nitrogens with zero attached hydrogens (tertiary/aromatic N) is 1. The van der Waals surface area contributed by atoms with Gasteiger partial charge in [0.05, 0.1) is 6.04 Å². The Morgan fingerprint density at radius 3 is 2.84 bits per heavy atom. The second kappa shape index (κ2) is 3.97. The van der Waals surface area contributed by atoms with Gasteiger partial charge in [0.2, 0.25) is 0 Å². The van der Waals surface area contributed by atoms with E-state index < -0.39 is 0 Å². The molecule has 1 N–H and O–H groups in total. The molecule has 1 amide bonds. The second-order valence-electron chi connectivity index (χ2n) is 6.09. The highest BCUT2D eigenvalue weighted by Gasteiger charge is 2.41. The lowest BCUT2D eigenvalue weighted by atomic mass is 9.82. The van der Waals surface area contributed by atoms with Crippen LogP contribution in [0.25, 0.3) is 0 Å². The molecule has 3 aliphatic rings. The van der Waals surface area contributed by atoms with Crippen molar-refractivity contribution in [3.63, 3.8) is 0 Å². The minimum atomic E-state index is 0.0723. The van der Waals surface area contributed by atoms with E-state index in [1.54, 1.807) is 4.42 Å². The fourth-order valence-corrected chi connectivity index (χ4v) is 3.85. The van der Waals surface area contributed by atoms with Gasteiger partial charge in [-0.3, -0.25) is 4.79 Å². The molecule has 0 radical (unpaired) electrons. The molecule has 0 unspecified atom stereocenters. The van der Waals surface area contributed by atoms with E-state index in [2.05, 4.69) is 24.4 Å². The van der Waals surface area contributed by atoms with E-state index in [0.717, 1.165) is 30.1 Å². The number of carbonyl (C=O) groups excluding carboxylic acids is 1. The quantitative estimate of drug-likeness (QED) is 0.800. The normalized spacial score (nSPS) is 29.9. The van der Waals surface area contributed by atoms with Crippen LogP contribution in [0.1, 0.15) is 51.7 Å². The van der Waals surface area contributed by atoms with Gasteiger partial charge in [0.15, 0.2) is 0 Å². The van der Waals surface area contributed by atoms with Crippen LogP contribution in [0.4, 0.5) is 0 Å².